The molecule has 1 atom stereocenters. The Morgan fingerprint density at radius 3 is 2.40 bits per heavy atom. The highest BCUT2D eigenvalue weighted by Gasteiger charge is 2.27. The summed E-state index contributed by atoms with van der Waals surface area (Å²) in [5.74, 6) is -2.96. The van der Waals surface area contributed by atoms with Crippen molar-refractivity contribution in [2.24, 2.45) is 5.92 Å². The maximum Gasteiger partial charge on any atom is 0.320 e. The average Bonchev–Trinajstić information content (AvgIpc) is 2.17. The predicted octanol–water partition coefficient (Wildman–Crippen LogP) is 1.07. The van der Waals surface area contributed by atoms with Crippen LogP contribution in [0, 0.1) is 5.92 Å². The Hall–Kier alpha value is -1.10. The van der Waals surface area contributed by atoms with Crippen LogP contribution >= 0.6 is 0 Å². The molecule has 1 unspecified atom stereocenters. The summed E-state index contributed by atoms with van der Waals surface area (Å²) in [6.07, 6.45) is 1.03. The molecule has 0 aromatic carbocycles. The molecule has 0 aliphatic rings. The second kappa shape index (κ2) is 8.23. The van der Waals surface area contributed by atoms with E-state index >= 15 is 0 Å². The molecule has 0 saturated heterocycles. The summed E-state index contributed by atoms with van der Waals surface area (Å²) in [7, 11) is 0. The van der Waals surface area contributed by atoms with Gasteiger partial charge in [0.25, 0.3) is 0 Å². The summed E-state index contributed by atoms with van der Waals surface area (Å²) in [6.45, 7) is 4.64. The minimum atomic E-state index is -1.16. The number of hydrogen-bond donors (Lipinski definition) is 1. The van der Waals surface area contributed by atoms with Crippen LogP contribution in [0.25, 0.3) is 0 Å². The molecule has 0 aromatic rings. The van der Waals surface area contributed by atoms with Crippen LogP contribution in [0.5, 0.6) is 0 Å². The van der Waals surface area contributed by atoms with Crippen LogP contribution < -0.4 is 0 Å². The zero-order valence-corrected chi connectivity index (χ0v) is 9.19. The number of carboxylic acid groups (broad SMARTS) is 1. The van der Waals surface area contributed by atoms with Crippen molar-refractivity contribution in [3.63, 3.8) is 0 Å². The molecule has 0 spiro atoms. The van der Waals surface area contributed by atoms with E-state index in [2.05, 4.69) is 4.74 Å². The fourth-order valence-corrected chi connectivity index (χ4v) is 1.03. The van der Waals surface area contributed by atoms with Gasteiger partial charge < -0.3 is 14.6 Å². The zero-order valence-electron chi connectivity index (χ0n) is 9.19. The lowest BCUT2D eigenvalue weighted by Crippen LogP contribution is -2.27. The van der Waals surface area contributed by atoms with Gasteiger partial charge in [0, 0.05) is 13.2 Å². The molecule has 0 amide bonds. The fraction of sp³-hybridized carbons (Fsp3) is 0.800. The van der Waals surface area contributed by atoms with E-state index in [-0.39, 0.29) is 19.6 Å². The van der Waals surface area contributed by atoms with E-state index in [9.17, 15) is 9.59 Å². The first-order valence-corrected chi connectivity index (χ1v) is 5.10. The normalized spacial score (nSPS) is 12.1. The van der Waals surface area contributed by atoms with E-state index in [1.54, 1.807) is 6.92 Å². The fourth-order valence-electron chi connectivity index (χ4n) is 1.03. The topological polar surface area (TPSA) is 72.8 Å². The molecule has 0 aliphatic carbocycles. The third-order valence-corrected chi connectivity index (χ3v) is 1.77. The van der Waals surface area contributed by atoms with Gasteiger partial charge in [0.2, 0.25) is 0 Å². The van der Waals surface area contributed by atoms with Gasteiger partial charge in [-0.05, 0) is 19.8 Å². The van der Waals surface area contributed by atoms with Crippen LogP contribution in [0.2, 0.25) is 0 Å². The van der Waals surface area contributed by atoms with E-state index in [1.165, 1.54) is 0 Å². The summed E-state index contributed by atoms with van der Waals surface area (Å²) in [5, 5.41) is 8.77. The largest absolute Gasteiger partial charge is 0.481 e. The van der Waals surface area contributed by atoms with Crippen LogP contribution in [0.15, 0.2) is 0 Å². The van der Waals surface area contributed by atoms with Gasteiger partial charge in [0.1, 0.15) is 0 Å². The van der Waals surface area contributed by atoms with Gasteiger partial charge in [-0.3, -0.25) is 9.59 Å². The van der Waals surface area contributed by atoms with E-state index in [4.69, 9.17) is 9.84 Å². The first-order valence-electron chi connectivity index (χ1n) is 5.10. The van der Waals surface area contributed by atoms with Crippen molar-refractivity contribution in [1.29, 1.82) is 0 Å². The number of aliphatic carboxylic acids is 1. The van der Waals surface area contributed by atoms with E-state index in [1.807, 2.05) is 6.92 Å². The molecule has 5 nitrogen and oxygen atoms in total. The summed E-state index contributed by atoms with van der Waals surface area (Å²) in [4.78, 5) is 21.9. The first kappa shape index (κ1) is 13.9. The Bertz CT molecular complexity index is 202. The zero-order chi connectivity index (χ0) is 11.7. The molecule has 0 fully saturated rings. The number of carbonyl (C=O) groups is 2. The average molecular weight is 218 g/mol. The molecule has 0 bridgehead atoms. The second-order valence-electron chi connectivity index (χ2n) is 3.04. The van der Waals surface area contributed by atoms with Crippen molar-refractivity contribution in [2.75, 3.05) is 19.8 Å². The lowest BCUT2D eigenvalue weighted by molar-refractivity contribution is -0.159. The van der Waals surface area contributed by atoms with E-state index in [0.29, 0.717) is 6.61 Å². The van der Waals surface area contributed by atoms with Gasteiger partial charge in [-0.15, -0.1) is 0 Å². The highest BCUT2D eigenvalue weighted by molar-refractivity contribution is 5.93. The summed E-state index contributed by atoms with van der Waals surface area (Å²) < 4.78 is 9.77. The lowest BCUT2D eigenvalue weighted by Gasteiger charge is -2.10. The Balaban J connectivity index is 3.94. The van der Waals surface area contributed by atoms with Crippen molar-refractivity contribution in [3.05, 3.63) is 0 Å². The lowest BCUT2D eigenvalue weighted by atomic mass is 10.1. The molecule has 0 saturated carbocycles. The molecule has 0 radical (unpaired) electrons. The molecule has 0 rings (SSSR count). The Kier molecular flexibility index (Phi) is 7.62. The van der Waals surface area contributed by atoms with Gasteiger partial charge in [0.15, 0.2) is 5.92 Å². The number of carbonyl (C=O) groups excluding carboxylic acids is 1. The van der Waals surface area contributed by atoms with Crippen molar-refractivity contribution >= 4 is 11.9 Å². The van der Waals surface area contributed by atoms with Crippen molar-refractivity contribution in [1.82, 2.24) is 0 Å². The predicted molar refractivity (Wildman–Crippen MR) is 53.5 cm³/mol. The molecule has 0 heterocycles. The second-order valence-corrected chi connectivity index (χ2v) is 3.04. The maximum atomic E-state index is 11.2. The Morgan fingerprint density at radius 1 is 1.27 bits per heavy atom. The SMILES string of the molecule is CCCOCCC(C(=O)O)C(=O)OCC. The third-order valence-electron chi connectivity index (χ3n) is 1.77. The Labute approximate surface area is 89.4 Å². The highest BCUT2D eigenvalue weighted by Crippen LogP contribution is 2.06. The van der Waals surface area contributed by atoms with E-state index < -0.39 is 17.9 Å². The molecule has 1 N–H and O–H groups in total. The quantitative estimate of drug-likeness (QED) is 0.375. The summed E-state index contributed by atoms with van der Waals surface area (Å²) in [6, 6.07) is 0. The van der Waals surface area contributed by atoms with Crippen LogP contribution in [0.4, 0.5) is 0 Å². The van der Waals surface area contributed by atoms with Crippen LogP contribution in [-0.4, -0.2) is 36.9 Å². The first-order chi connectivity index (χ1) is 7.13. The van der Waals surface area contributed by atoms with Gasteiger partial charge in [-0.2, -0.15) is 0 Å². The molecule has 0 aliphatic heterocycles. The minimum Gasteiger partial charge on any atom is -0.481 e. The molecule has 88 valence electrons. The summed E-state index contributed by atoms with van der Waals surface area (Å²) in [5.41, 5.74) is 0. The smallest absolute Gasteiger partial charge is 0.320 e. The van der Waals surface area contributed by atoms with Crippen LogP contribution in [-0.2, 0) is 19.1 Å². The molecular formula is C10H18O5. The maximum absolute atomic E-state index is 11.2. The number of rotatable bonds is 8. The number of hydrogen-bond acceptors (Lipinski definition) is 4. The third kappa shape index (κ3) is 6.06. The van der Waals surface area contributed by atoms with Gasteiger partial charge in [-0.25, -0.2) is 0 Å². The number of ether oxygens (including phenoxy) is 2. The van der Waals surface area contributed by atoms with E-state index in [0.717, 1.165) is 6.42 Å². The molecular weight excluding hydrogens is 200 g/mol. The van der Waals surface area contributed by atoms with Crippen molar-refractivity contribution in [2.45, 2.75) is 26.7 Å². The van der Waals surface area contributed by atoms with Crippen LogP contribution in [0.1, 0.15) is 26.7 Å². The van der Waals surface area contributed by atoms with Crippen molar-refractivity contribution in [3.8, 4) is 0 Å². The van der Waals surface area contributed by atoms with Gasteiger partial charge in [0.05, 0.1) is 6.61 Å². The molecule has 15 heavy (non-hydrogen) atoms. The molecule has 5 heteroatoms. The van der Waals surface area contributed by atoms with Crippen molar-refractivity contribution < 1.29 is 24.2 Å². The Morgan fingerprint density at radius 2 is 1.93 bits per heavy atom. The highest BCUT2D eigenvalue weighted by atomic mass is 16.5. The van der Waals surface area contributed by atoms with Gasteiger partial charge >= 0.3 is 11.9 Å². The van der Waals surface area contributed by atoms with Crippen LogP contribution in [0.3, 0.4) is 0 Å². The number of esters is 1. The molecule has 0 aromatic heterocycles. The standard InChI is InChI=1S/C10H18O5/c1-3-6-14-7-5-8(9(11)12)10(13)15-4-2/h8H,3-7H2,1-2H3,(H,11,12). The summed E-state index contributed by atoms with van der Waals surface area (Å²) >= 11 is 0. The van der Waals surface area contributed by atoms with Gasteiger partial charge in [-0.1, -0.05) is 6.92 Å². The number of carboxylic acids is 1. The monoisotopic (exact) mass is 218 g/mol. The minimum absolute atomic E-state index is 0.161.